The lowest BCUT2D eigenvalue weighted by Crippen LogP contribution is -2.21. The summed E-state index contributed by atoms with van der Waals surface area (Å²) < 4.78 is 75.9. The van der Waals surface area contributed by atoms with Gasteiger partial charge in [0.1, 0.15) is 4.90 Å². The number of alkyl halides is 3. The highest BCUT2D eigenvalue weighted by Crippen LogP contribution is 2.25. The first-order valence-electron chi connectivity index (χ1n) is 5.10. The third-order valence-electron chi connectivity index (χ3n) is 2.19. The quantitative estimate of drug-likeness (QED) is 0.776. The molecule has 0 aliphatic heterocycles. The average Bonchev–Trinajstić information content (AvgIpc) is 2.29. The Balaban J connectivity index is 3.12. The van der Waals surface area contributed by atoms with Crippen LogP contribution in [0.1, 0.15) is 10.4 Å². The van der Waals surface area contributed by atoms with Crippen LogP contribution in [0.4, 0.5) is 17.6 Å². The van der Waals surface area contributed by atoms with Crippen LogP contribution >= 0.6 is 15.9 Å². The van der Waals surface area contributed by atoms with Gasteiger partial charge < -0.3 is 5.11 Å². The number of hydrogen-bond donors (Lipinski definition) is 1. The summed E-state index contributed by atoms with van der Waals surface area (Å²) in [4.78, 5) is 9.76. The minimum absolute atomic E-state index is 0.0448. The molecule has 0 bridgehead atoms. The molecule has 0 unspecified atom stereocenters. The molecule has 0 heterocycles. The Kier molecular flexibility index (Phi) is 5.34. The Morgan fingerprint density at radius 2 is 1.90 bits per heavy atom. The summed E-state index contributed by atoms with van der Waals surface area (Å²) in [7, 11) is -4.49. The Morgan fingerprint density at radius 3 is 2.38 bits per heavy atom. The van der Waals surface area contributed by atoms with Crippen molar-refractivity contribution in [1.82, 2.24) is 0 Å². The van der Waals surface area contributed by atoms with E-state index in [1.54, 1.807) is 0 Å². The summed E-state index contributed by atoms with van der Waals surface area (Å²) in [6, 6.07) is 1.60. The van der Waals surface area contributed by atoms with Crippen molar-refractivity contribution in [2.24, 2.45) is 0 Å². The lowest BCUT2D eigenvalue weighted by Gasteiger charge is -2.10. The van der Waals surface area contributed by atoms with E-state index in [0.29, 0.717) is 0 Å². The maximum absolute atomic E-state index is 13.8. The molecule has 21 heavy (non-hydrogen) atoms. The summed E-state index contributed by atoms with van der Waals surface area (Å²) in [5.41, 5.74) is -0.917. The van der Waals surface area contributed by atoms with Crippen LogP contribution in [0.25, 0.3) is 0 Å². The number of carboxylic acid groups (broad SMARTS) is 1. The van der Waals surface area contributed by atoms with E-state index in [2.05, 4.69) is 20.7 Å². The van der Waals surface area contributed by atoms with Gasteiger partial charge in [0.15, 0.2) is 15.7 Å². The lowest BCUT2D eigenvalue weighted by molar-refractivity contribution is -0.322. The Labute approximate surface area is 124 Å². The number of sulfone groups is 1. The van der Waals surface area contributed by atoms with Crippen molar-refractivity contribution in [2.75, 3.05) is 12.4 Å². The van der Waals surface area contributed by atoms with Crippen molar-refractivity contribution < 1.29 is 40.6 Å². The van der Waals surface area contributed by atoms with E-state index in [1.165, 1.54) is 0 Å². The Bertz CT molecular complexity index is 656. The molecule has 0 amide bonds. The van der Waals surface area contributed by atoms with Crippen LogP contribution in [0.5, 0.6) is 0 Å². The van der Waals surface area contributed by atoms with Gasteiger partial charge in [-0.2, -0.15) is 0 Å². The van der Waals surface area contributed by atoms with Gasteiger partial charge in [0.25, 0.3) is 0 Å². The van der Waals surface area contributed by atoms with Crippen molar-refractivity contribution in [3.05, 3.63) is 28.0 Å². The molecule has 1 aromatic carbocycles. The maximum Gasteiger partial charge on any atom is 0.522 e. The smallest absolute Gasteiger partial charge is 0.478 e. The molecule has 0 radical (unpaired) electrons. The number of aromatic carboxylic acids is 1. The number of halogens is 5. The highest BCUT2D eigenvalue weighted by atomic mass is 79.9. The topological polar surface area (TPSA) is 80.7 Å². The van der Waals surface area contributed by atoms with Crippen molar-refractivity contribution in [3.63, 3.8) is 0 Å². The van der Waals surface area contributed by atoms with Gasteiger partial charge in [-0.15, -0.1) is 13.2 Å². The van der Waals surface area contributed by atoms with E-state index in [4.69, 9.17) is 5.11 Å². The first-order valence-corrected chi connectivity index (χ1v) is 7.54. The summed E-state index contributed by atoms with van der Waals surface area (Å²) in [5, 5.41) is 8.73. The van der Waals surface area contributed by atoms with Gasteiger partial charge in [0.05, 0.1) is 17.9 Å². The molecule has 5 nitrogen and oxygen atoms in total. The fraction of sp³-hybridized carbons (Fsp3) is 0.300. The third kappa shape index (κ3) is 4.93. The second-order valence-electron chi connectivity index (χ2n) is 3.68. The number of rotatable bonds is 5. The zero-order valence-corrected chi connectivity index (χ0v) is 12.3. The molecule has 0 aromatic heterocycles. The Hall–Kier alpha value is -1.20. The standard InChI is InChI=1S/C10H7BrF4O5S/c11-5-3-6(9(16)17)8(12)7(4-5)21(18,19)2-1-20-10(13,14)15/h3-4H,1-2H2,(H,16,17). The number of ether oxygens (including phenoxy) is 1. The van der Waals surface area contributed by atoms with E-state index in [0.717, 1.165) is 12.1 Å². The van der Waals surface area contributed by atoms with Crippen LogP contribution in [0, 0.1) is 5.82 Å². The molecule has 1 N–H and O–H groups in total. The highest BCUT2D eigenvalue weighted by Gasteiger charge is 2.31. The normalized spacial score (nSPS) is 12.4. The third-order valence-corrected chi connectivity index (χ3v) is 4.32. The van der Waals surface area contributed by atoms with Crippen LogP contribution in [0.3, 0.4) is 0 Å². The molecule has 0 fully saturated rings. The second kappa shape index (κ2) is 6.28. The molecule has 1 aromatic rings. The van der Waals surface area contributed by atoms with Crippen LogP contribution in [0.15, 0.2) is 21.5 Å². The van der Waals surface area contributed by atoms with E-state index in [-0.39, 0.29) is 4.47 Å². The zero-order valence-electron chi connectivity index (χ0n) is 9.95. The molecular weight excluding hydrogens is 388 g/mol. The first-order chi connectivity index (χ1) is 9.44. The van der Waals surface area contributed by atoms with E-state index < -0.39 is 50.8 Å². The molecule has 11 heteroatoms. The summed E-state index contributed by atoms with van der Waals surface area (Å²) in [5.74, 6) is -4.41. The molecule has 0 saturated heterocycles. The maximum atomic E-state index is 13.8. The van der Waals surface area contributed by atoms with E-state index in [1.807, 2.05) is 0 Å². The number of carbonyl (C=O) groups is 1. The highest BCUT2D eigenvalue weighted by molar-refractivity contribution is 9.10. The molecule has 0 saturated carbocycles. The predicted molar refractivity (Wildman–Crippen MR) is 65.1 cm³/mol. The molecule has 0 spiro atoms. The van der Waals surface area contributed by atoms with Crippen LogP contribution < -0.4 is 0 Å². The van der Waals surface area contributed by atoms with Crippen molar-refractivity contribution in [2.45, 2.75) is 11.3 Å². The largest absolute Gasteiger partial charge is 0.522 e. The van der Waals surface area contributed by atoms with E-state index in [9.17, 15) is 30.8 Å². The minimum atomic E-state index is -5.02. The van der Waals surface area contributed by atoms with Gasteiger partial charge in [-0.05, 0) is 12.1 Å². The minimum Gasteiger partial charge on any atom is -0.478 e. The van der Waals surface area contributed by atoms with Crippen LogP contribution in [0.2, 0.25) is 0 Å². The molecular formula is C10H7BrF4O5S. The fourth-order valence-corrected chi connectivity index (χ4v) is 3.14. The average molecular weight is 395 g/mol. The SMILES string of the molecule is O=C(O)c1cc(Br)cc(S(=O)(=O)CCOC(F)(F)F)c1F. The predicted octanol–water partition coefficient (Wildman–Crippen LogP) is 2.60. The van der Waals surface area contributed by atoms with Crippen molar-refractivity contribution >= 4 is 31.7 Å². The number of hydrogen-bond acceptors (Lipinski definition) is 4. The molecule has 0 aliphatic carbocycles. The zero-order chi connectivity index (χ0) is 16.4. The first kappa shape index (κ1) is 17.9. The van der Waals surface area contributed by atoms with Crippen LogP contribution in [-0.2, 0) is 14.6 Å². The summed E-state index contributed by atoms with van der Waals surface area (Å²) in [6.45, 7) is -1.24. The molecule has 118 valence electrons. The van der Waals surface area contributed by atoms with Crippen LogP contribution in [-0.4, -0.2) is 38.2 Å². The van der Waals surface area contributed by atoms with E-state index >= 15 is 0 Å². The second-order valence-corrected chi connectivity index (χ2v) is 6.68. The lowest BCUT2D eigenvalue weighted by atomic mass is 10.2. The van der Waals surface area contributed by atoms with Gasteiger partial charge in [0.2, 0.25) is 0 Å². The molecule has 0 atom stereocenters. The van der Waals surface area contributed by atoms with Crippen molar-refractivity contribution in [1.29, 1.82) is 0 Å². The summed E-state index contributed by atoms with van der Waals surface area (Å²) in [6.07, 6.45) is -5.02. The number of benzene rings is 1. The number of carboxylic acids is 1. The fourth-order valence-electron chi connectivity index (χ4n) is 1.32. The molecule has 0 aliphatic rings. The monoisotopic (exact) mass is 394 g/mol. The Morgan fingerprint density at radius 1 is 1.33 bits per heavy atom. The van der Waals surface area contributed by atoms with Gasteiger partial charge in [-0.3, -0.25) is 4.74 Å². The van der Waals surface area contributed by atoms with Gasteiger partial charge in [-0.25, -0.2) is 17.6 Å². The molecule has 1 rings (SSSR count). The summed E-state index contributed by atoms with van der Waals surface area (Å²) >= 11 is 2.80. The van der Waals surface area contributed by atoms with Gasteiger partial charge in [0, 0.05) is 4.47 Å². The van der Waals surface area contributed by atoms with Crippen molar-refractivity contribution in [3.8, 4) is 0 Å². The van der Waals surface area contributed by atoms with Gasteiger partial charge in [-0.1, -0.05) is 15.9 Å². The van der Waals surface area contributed by atoms with Gasteiger partial charge >= 0.3 is 12.3 Å².